The first-order chi connectivity index (χ1) is 7.70. The van der Waals surface area contributed by atoms with Crippen molar-refractivity contribution in [3.8, 4) is 0 Å². The van der Waals surface area contributed by atoms with Gasteiger partial charge in [-0.05, 0) is 24.6 Å². The number of hydrogen-bond acceptors (Lipinski definition) is 6. The fourth-order valence-corrected chi connectivity index (χ4v) is 2.86. The van der Waals surface area contributed by atoms with Crippen LogP contribution in [-0.2, 0) is 0 Å². The molecule has 0 bridgehead atoms. The number of nitrogens with two attached hydrogens (primary N) is 1. The monoisotopic (exact) mass is 254 g/mol. The lowest BCUT2D eigenvalue weighted by Crippen LogP contribution is -2.19. The largest absolute Gasteiger partial charge is 0.368 e. The zero-order valence-electron chi connectivity index (χ0n) is 9.23. The maximum Gasteiger partial charge on any atom is 0.223 e. The van der Waals surface area contributed by atoms with Gasteiger partial charge < -0.3 is 11.1 Å². The third kappa shape index (κ3) is 2.38. The first-order valence-electron chi connectivity index (χ1n) is 4.97. The van der Waals surface area contributed by atoms with Crippen molar-refractivity contribution in [2.45, 2.75) is 13.0 Å². The Morgan fingerprint density at radius 2 is 2.38 bits per heavy atom. The van der Waals surface area contributed by atoms with Gasteiger partial charge >= 0.3 is 0 Å². The summed E-state index contributed by atoms with van der Waals surface area (Å²) in [6.07, 6.45) is 2.09. The summed E-state index contributed by atoms with van der Waals surface area (Å²) in [5, 5.41) is 6.42. The average molecular weight is 254 g/mol. The van der Waals surface area contributed by atoms with Crippen molar-refractivity contribution >= 4 is 45.1 Å². The second-order valence-electron chi connectivity index (χ2n) is 3.57. The molecule has 3 N–H and O–H groups in total. The quantitative estimate of drug-likeness (QED) is 0.877. The summed E-state index contributed by atoms with van der Waals surface area (Å²) >= 11 is 3.39. The topological polar surface area (TPSA) is 63.8 Å². The van der Waals surface area contributed by atoms with Crippen molar-refractivity contribution < 1.29 is 0 Å². The average Bonchev–Trinajstić information content (AvgIpc) is 2.65. The summed E-state index contributed by atoms with van der Waals surface area (Å²) in [6, 6.07) is 2.39. The molecule has 2 aromatic heterocycles. The molecule has 0 aromatic carbocycles. The van der Waals surface area contributed by atoms with Crippen molar-refractivity contribution in [3.05, 3.63) is 11.4 Å². The normalized spacial score (nSPS) is 12.9. The fourth-order valence-electron chi connectivity index (χ4n) is 1.51. The van der Waals surface area contributed by atoms with E-state index in [1.54, 1.807) is 23.1 Å². The predicted octanol–water partition coefficient (Wildman–Crippen LogP) is 2.44. The van der Waals surface area contributed by atoms with E-state index >= 15 is 0 Å². The van der Waals surface area contributed by atoms with Crippen LogP contribution in [0.3, 0.4) is 0 Å². The molecular weight excluding hydrogens is 240 g/mol. The van der Waals surface area contributed by atoms with Gasteiger partial charge in [0.05, 0.1) is 5.39 Å². The van der Waals surface area contributed by atoms with E-state index in [4.69, 9.17) is 5.73 Å². The Labute approximate surface area is 103 Å². The molecule has 0 saturated heterocycles. The highest BCUT2D eigenvalue weighted by molar-refractivity contribution is 7.98. The predicted molar refractivity (Wildman–Crippen MR) is 73.3 cm³/mol. The molecule has 1 atom stereocenters. The summed E-state index contributed by atoms with van der Waals surface area (Å²) < 4.78 is 0. The number of aromatic nitrogens is 2. The number of hydrogen-bond donors (Lipinski definition) is 2. The lowest BCUT2D eigenvalue weighted by atomic mass is 10.3. The van der Waals surface area contributed by atoms with Gasteiger partial charge in [-0.1, -0.05) is 0 Å². The number of nitrogen functional groups attached to an aromatic ring is 1. The minimum Gasteiger partial charge on any atom is -0.368 e. The molecule has 0 fully saturated rings. The maximum atomic E-state index is 5.67. The second-order valence-corrected chi connectivity index (χ2v) is 5.38. The zero-order chi connectivity index (χ0) is 11.5. The fraction of sp³-hybridized carbons (Fsp3) is 0.400. The Kier molecular flexibility index (Phi) is 3.50. The van der Waals surface area contributed by atoms with Crippen LogP contribution in [0, 0.1) is 0 Å². The molecule has 0 aliphatic rings. The van der Waals surface area contributed by atoms with Crippen LogP contribution in [0.1, 0.15) is 6.92 Å². The molecule has 4 nitrogen and oxygen atoms in total. The SMILES string of the molecule is CSCC(C)Nc1nc(N)nc2sccc12. The van der Waals surface area contributed by atoms with Gasteiger partial charge in [0.1, 0.15) is 10.6 Å². The Balaban J connectivity index is 2.31. The van der Waals surface area contributed by atoms with Crippen LogP contribution in [-0.4, -0.2) is 28.0 Å². The summed E-state index contributed by atoms with van der Waals surface area (Å²) in [6.45, 7) is 2.13. The van der Waals surface area contributed by atoms with Gasteiger partial charge in [0, 0.05) is 11.8 Å². The van der Waals surface area contributed by atoms with Crippen LogP contribution in [0.4, 0.5) is 11.8 Å². The molecule has 0 spiro atoms. The molecular formula is C10H14N4S2. The van der Waals surface area contributed by atoms with Crippen LogP contribution < -0.4 is 11.1 Å². The molecule has 16 heavy (non-hydrogen) atoms. The first kappa shape index (κ1) is 11.5. The number of fused-ring (bicyclic) bond motifs is 1. The van der Waals surface area contributed by atoms with Gasteiger partial charge in [-0.2, -0.15) is 16.7 Å². The molecule has 86 valence electrons. The molecule has 0 aliphatic heterocycles. The van der Waals surface area contributed by atoms with E-state index in [1.807, 2.05) is 11.4 Å². The van der Waals surface area contributed by atoms with Crippen LogP contribution in [0.25, 0.3) is 10.2 Å². The highest BCUT2D eigenvalue weighted by Gasteiger charge is 2.09. The summed E-state index contributed by atoms with van der Waals surface area (Å²) in [5.41, 5.74) is 5.67. The van der Waals surface area contributed by atoms with E-state index in [9.17, 15) is 0 Å². The van der Waals surface area contributed by atoms with Gasteiger partial charge in [0.2, 0.25) is 5.95 Å². The lowest BCUT2D eigenvalue weighted by Gasteiger charge is -2.13. The number of nitrogens with zero attached hydrogens (tertiary/aromatic N) is 2. The lowest BCUT2D eigenvalue weighted by molar-refractivity contribution is 0.905. The minimum absolute atomic E-state index is 0.328. The van der Waals surface area contributed by atoms with E-state index in [2.05, 4.69) is 28.5 Å². The number of thiophene rings is 1. The third-order valence-corrected chi connectivity index (χ3v) is 3.78. The van der Waals surface area contributed by atoms with Crippen LogP contribution >= 0.6 is 23.1 Å². The number of anilines is 2. The molecule has 6 heteroatoms. The van der Waals surface area contributed by atoms with Gasteiger partial charge in [-0.25, -0.2) is 4.98 Å². The third-order valence-electron chi connectivity index (χ3n) is 2.14. The van der Waals surface area contributed by atoms with Crippen molar-refractivity contribution in [3.63, 3.8) is 0 Å². The highest BCUT2D eigenvalue weighted by Crippen LogP contribution is 2.26. The van der Waals surface area contributed by atoms with Crippen LogP contribution in [0.15, 0.2) is 11.4 Å². The van der Waals surface area contributed by atoms with Crippen molar-refractivity contribution in [2.75, 3.05) is 23.1 Å². The van der Waals surface area contributed by atoms with Crippen LogP contribution in [0.2, 0.25) is 0 Å². The molecule has 2 aromatic rings. The van der Waals surface area contributed by atoms with Gasteiger partial charge in [0.15, 0.2) is 0 Å². The van der Waals surface area contributed by atoms with Gasteiger partial charge in [0.25, 0.3) is 0 Å². The molecule has 2 heterocycles. The molecule has 2 rings (SSSR count). The van der Waals surface area contributed by atoms with Crippen molar-refractivity contribution in [1.82, 2.24) is 9.97 Å². The van der Waals surface area contributed by atoms with Crippen LogP contribution in [0.5, 0.6) is 0 Å². The molecule has 0 amide bonds. The van der Waals surface area contributed by atoms with E-state index in [0.29, 0.717) is 12.0 Å². The van der Waals surface area contributed by atoms with E-state index < -0.39 is 0 Å². The Morgan fingerprint density at radius 1 is 1.56 bits per heavy atom. The molecule has 0 aliphatic carbocycles. The Morgan fingerprint density at radius 3 is 3.12 bits per heavy atom. The first-order valence-corrected chi connectivity index (χ1v) is 7.24. The standard InChI is InChI=1S/C10H14N4S2/c1-6(5-15-2)12-8-7-3-4-16-9(7)14-10(11)13-8/h3-4,6H,5H2,1-2H3,(H3,11,12,13,14). The summed E-state index contributed by atoms with van der Waals surface area (Å²) in [7, 11) is 0. The number of nitrogens with one attached hydrogen (secondary N) is 1. The maximum absolute atomic E-state index is 5.67. The van der Waals surface area contributed by atoms with Crippen molar-refractivity contribution in [2.24, 2.45) is 0 Å². The Bertz CT molecular complexity index is 483. The van der Waals surface area contributed by atoms with Gasteiger partial charge in [-0.15, -0.1) is 11.3 Å². The smallest absolute Gasteiger partial charge is 0.223 e. The summed E-state index contributed by atoms with van der Waals surface area (Å²) in [4.78, 5) is 9.37. The van der Waals surface area contributed by atoms with E-state index in [0.717, 1.165) is 21.8 Å². The minimum atomic E-state index is 0.328. The Hall–Kier alpha value is -1.01. The summed E-state index contributed by atoms with van der Waals surface area (Å²) in [5.74, 6) is 2.20. The molecule has 0 saturated carbocycles. The molecule has 1 unspecified atom stereocenters. The zero-order valence-corrected chi connectivity index (χ0v) is 10.9. The van der Waals surface area contributed by atoms with Crippen molar-refractivity contribution in [1.29, 1.82) is 0 Å². The van der Waals surface area contributed by atoms with E-state index in [-0.39, 0.29) is 0 Å². The van der Waals surface area contributed by atoms with E-state index in [1.165, 1.54) is 0 Å². The molecule has 0 radical (unpaired) electrons. The highest BCUT2D eigenvalue weighted by atomic mass is 32.2. The van der Waals surface area contributed by atoms with Gasteiger partial charge in [-0.3, -0.25) is 0 Å². The number of thioether (sulfide) groups is 1. The number of rotatable bonds is 4. The second kappa shape index (κ2) is 4.88.